The quantitative estimate of drug-likeness (QED) is 0.179. The molecule has 12 nitrogen and oxygen atoms in total. The lowest BCUT2D eigenvalue weighted by Gasteiger charge is -2.53. The summed E-state index contributed by atoms with van der Waals surface area (Å²) in [5, 5.41) is 67.7. The Kier molecular flexibility index (Phi) is 6.91. The molecule has 3 aliphatic rings. The Morgan fingerprint density at radius 1 is 1.13 bits per heavy atom. The second kappa shape index (κ2) is 9.47. The minimum Gasteiger partial charge on any atom is -0.508 e. The molecule has 206 valence electrons. The third kappa shape index (κ3) is 3.83. The molecule has 1 aromatic rings. The summed E-state index contributed by atoms with van der Waals surface area (Å²) in [5.41, 5.74) is -5.78. The molecule has 0 aliphatic heterocycles. The lowest BCUT2D eigenvalue weighted by atomic mass is 9.54. The van der Waals surface area contributed by atoms with E-state index in [1.165, 1.54) is 49.0 Å². The smallest absolute Gasteiger partial charge is 0.259 e. The molecule has 5 atom stereocenters. The SMILES string of the molecule is CN(CCO)CNC(=O)C1=C(O)[C@]2(O)C(=O)C3=C(O)c4c(O)cccc4[C@](C)(O)[C@H]3C[C@H]2[C@H](N(C)C)C1=O. The van der Waals surface area contributed by atoms with Crippen molar-refractivity contribution in [2.45, 2.75) is 30.6 Å². The molecule has 0 bridgehead atoms. The normalized spacial score (nSPS) is 30.9. The number of likely N-dealkylation sites (N-methyl/N-ethyl adjacent to an activating group) is 2. The van der Waals surface area contributed by atoms with Gasteiger partial charge in [0.25, 0.3) is 5.91 Å². The van der Waals surface area contributed by atoms with Crippen LogP contribution < -0.4 is 5.32 Å². The van der Waals surface area contributed by atoms with Crippen LogP contribution in [0.25, 0.3) is 5.76 Å². The van der Waals surface area contributed by atoms with Gasteiger partial charge in [0, 0.05) is 24.0 Å². The maximum absolute atomic E-state index is 14.0. The van der Waals surface area contributed by atoms with Gasteiger partial charge in [-0.1, -0.05) is 12.1 Å². The second-order valence-corrected chi connectivity index (χ2v) is 10.6. The number of fused-ring (bicyclic) bond motifs is 3. The Morgan fingerprint density at radius 3 is 2.39 bits per heavy atom. The Bertz CT molecular complexity index is 1270. The number of rotatable bonds is 6. The molecule has 0 saturated heterocycles. The van der Waals surface area contributed by atoms with E-state index in [1.54, 1.807) is 7.05 Å². The van der Waals surface area contributed by atoms with E-state index in [4.69, 9.17) is 5.11 Å². The summed E-state index contributed by atoms with van der Waals surface area (Å²) < 4.78 is 0. The summed E-state index contributed by atoms with van der Waals surface area (Å²) in [4.78, 5) is 43.6. The molecular formula is C26H33N3O9. The summed E-state index contributed by atoms with van der Waals surface area (Å²) in [5.74, 6) is -7.59. The lowest BCUT2D eigenvalue weighted by molar-refractivity contribution is -0.159. The highest BCUT2D eigenvalue weighted by atomic mass is 16.3. The highest BCUT2D eigenvalue weighted by Crippen LogP contribution is 2.57. The molecule has 38 heavy (non-hydrogen) atoms. The molecule has 1 saturated carbocycles. The van der Waals surface area contributed by atoms with Crippen LogP contribution in [0.2, 0.25) is 0 Å². The van der Waals surface area contributed by atoms with Crippen molar-refractivity contribution in [2.75, 3.05) is 41.0 Å². The van der Waals surface area contributed by atoms with Crippen molar-refractivity contribution in [3.8, 4) is 5.75 Å². The molecule has 3 aliphatic carbocycles. The average molecular weight is 532 g/mol. The van der Waals surface area contributed by atoms with Crippen LogP contribution in [-0.4, -0.2) is 111 Å². The van der Waals surface area contributed by atoms with E-state index in [0.717, 1.165) is 0 Å². The van der Waals surface area contributed by atoms with Gasteiger partial charge in [0.05, 0.1) is 30.5 Å². The second-order valence-electron chi connectivity index (χ2n) is 10.6. The number of benzene rings is 1. The number of nitrogens with one attached hydrogen (secondary N) is 1. The summed E-state index contributed by atoms with van der Waals surface area (Å²) in [6.07, 6.45) is -0.212. The first-order valence-corrected chi connectivity index (χ1v) is 12.2. The third-order valence-electron chi connectivity index (χ3n) is 7.99. The summed E-state index contributed by atoms with van der Waals surface area (Å²) in [7, 11) is 4.65. The zero-order valence-corrected chi connectivity index (χ0v) is 21.6. The van der Waals surface area contributed by atoms with Gasteiger partial charge in [-0.3, -0.25) is 24.2 Å². The van der Waals surface area contributed by atoms with Crippen LogP contribution in [0, 0.1) is 11.8 Å². The number of ketones is 2. The maximum Gasteiger partial charge on any atom is 0.259 e. The molecule has 1 aromatic carbocycles. The van der Waals surface area contributed by atoms with E-state index >= 15 is 0 Å². The molecule has 0 heterocycles. The van der Waals surface area contributed by atoms with Crippen LogP contribution in [0.3, 0.4) is 0 Å². The fraction of sp³-hybridized carbons (Fsp3) is 0.500. The monoisotopic (exact) mass is 531 g/mol. The van der Waals surface area contributed by atoms with Gasteiger partial charge < -0.3 is 36.0 Å². The van der Waals surface area contributed by atoms with Crippen molar-refractivity contribution < 1.29 is 45.0 Å². The number of carbonyl (C=O) groups excluding carboxylic acids is 3. The molecule has 1 fully saturated rings. The highest BCUT2D eigenvalue weighted by Gasteiger charge is 2.66. The Balaban J connectivity index is 1.90. The Morgan fingerprint density at radius 2 is 1.79 bits per heavy atom. The topological polar surface area (TPSA) is 191 Å². The number of aliphatic hydroxyl groups excluding tert-OH is 3. The van der Waals surface area contributed by atoms with E-state index in [-0.39, 0.29) is 37.4 Å². The van der Waals surface area contributed by atoms with Crippen LogP contribution in [0.1, 0.15) is 24.5 Å². The number of Topliss-reactive ketones (excluding diaryl/α,β-unsaturated/α-hetero) is 2. The van der Waals surface area contributed by atoms with Crippen LogP contribution in [0.5, 0.6) is 5.75 Å². The molecule has 0 unspecified atom stereocenters. The fourth-order valence-electron chi connectivity index (χ4n) is 6.03. The van der Waals surface area contributed by atoms with Gasteiger partial charge in [-0.25, -0.2) is 0 Å². The standard InChI is InChI=1S/C26H33N3O9/c1-25(37)12-6-5-7-15(31)16(12)20(32)17-13(25)10-14-19(28(2)3)21(33)18(23(35)26(14,38)22(17)34)24(36)27-11-29(4)8-9-30/h5-7,13-14,19,30-32,35,37-38H,8-11H2,1-4H3,(H,27,36)/t13-,14-,19-,25-,26+/m0/s1. The molecule has 12 heteroatoms. The van der Waals surface area contributed by atoms with Crippen molar-refractivity contribution in [2.24, 2.45) is 11.8 Å². The summed E-state index contributed by atoms with van der Waals surface area (Å²) in [6.45, 7) is 1.35. The first-order chi connectivity index (χ1) is 17.7. The summed E-state index contributed by atoms with van der Waals surface area (Å²) in [6, 6.07) is 3.01. The van der Waals surface area contributed by atoms with Gasteiger partial charge in [-0.2, -0.15) is 0 Å². The van der Waals surface area contributed by atoms with E-state index in [2.05, 4.69) is 5.32 Å². The van der Waals surface area contributed by atoms with Crippen molar-refractivity contribution in [1.29, 1.82) is 0 Å². The minimum atomic E-state index is -2.77. The Labute approximate surface area is 219 Å². The fourth-order valence-corrected chi connectivity index (χ4v) is 6.03. The molecule has 7 N–H and O–H groups in total. The number of phenols is 1. The first-order valence-electron chi connectivity index (χ1n) is 12.2. The largest absolute Gasteiger partial charge is 0.508 e. The van der Waals surface area contributed by atoms with Crippen molar-refractivity contribution in [3.63, 3.8) is 0 Å². The predicted octanol–water partition coefficient (Wildman–Crippen LogP) is -0.858. The van der Waals surface area contributed by atoms with E-state index in [0.29, 0.717) is 0 Å². The van der Waals surface area contributed by atoms with Crippen molar-refractivity contribution >= 4 is 23.2 Å². The van der Waals surface area contributed by atoms with E-state index in [1.807, 2.05) is 0 Å². The number of hydrogen-bond acceptors (Lipinski definition) is 11. The van der Waals surface area contributed by atoms with E-state index in [9.17, 15) is 39.9 Å². The number of carbonyl (C=O) groups is 3. The number of hydrogen-bond donors (Lipinski definition) is 7. The first kappa shape index (κ1) is 27.7. The van der Waals surface area contributed by atoms with Crippen LogP contribution >= 0.6 is 0 Å². The minimum absolute atomic E-state index is 0.0984. The average Bonchev–Trinajstić information content (AvgIpc) is 2.83. The third-order valence-corrected chi connectivity index (χ3v) is 7.99. The predicted molar refractivity (Wildman–Crippen MR) is 134 cm³/mol. The van der Waals surface area contributed by atoms with Gasteiger partial charge in [0.2, 0.25) is 5.78 Å². The number of aromatic hydroxyl groups is 1. The number of nitrogens with zero attached hydrogens (tertiary/aromatic N) is 2. The molecular weight excluding hydrogens is 498 g/mol. The zero-order chi connectivity index (χ0) is 28.3. The van der Waals surface area contributed by atoms with Gasteiger partial charge in [-0.15, -0.1) is 0 Å². The molecule has 0 spiro atoms. The Hall–Kier alpha value is -3.29. The zero-order valence-electron chi connectivity index (χ0n) is 21.6. The molecule has 0 radical (unpaired) electrons. The van der Waals surface area contributed by atoms with Crippen molar-refractivity contribution in [1.82, 2.24) is 15.1 Å². The van der Waals surface area contributed by atoms with Crippen LogP contribution in [0.15, 0.2) is 35.1 Å². The van der Waals surface area contributed by atoms with Gasteiger partial charge in [0.15, 0.2) is 11.4 Å². The van der Waals surface area contributed by atoms with Crippen LogP contribution in [-0.2, 0) is 20.0 Å². The molecule has 1 amide bonds. The maximum atomic E-state index is 14.0. The summed E-state index contributed by atoms with van der Waals surface area (Å²) >= 11 is 0. The molecule has 0 aromatic heterocycles. The van der Waals surface area contributed by atoms with Gasteiger partial charge in [-0.05, 0) is 46.1 Å². The van der Waals surface area contributed by atoms with Gasteiger partial charge >= 0.3 is 0 Å². The highest BCUT2D eigenvalue weighted by molar-refractivity contribution is 6.25. The lowest BCUT2D eigenvalue weighted by Crippen LogP contribution is -2.67. The molecule has 4 rings (SSSR count). The van der Waals surface area contributed by atoms with Crippen LogP contribution in [0.4, 0.5) is 0 Å². The number of aliphatic hydroxyl groups is 5. The number of amides is 1. The van der Waals surface area contributed by atoms with Gasteiger partial charge in [0.1, 0.15) is 22.8 Å². The van der Waals surface area contributed by atoms with E-state index < -0.39 is 75.0 Å². The number of phenolic OH excluding ortho intramolecular Hbond substituents is 1. The van der Waals surface area contributed by atoms with Crippen molar-refractivity contribution in [3.05, 3.63) is 46.2 Å².